The second kappa shape index (κ2) is 6.03. The predicted molar refractivity (Wildman–Crippen MR) is 81.4 cm³/mol. The van der Waals surface area contributed by atoms with Crippen molar-refractivity contribution in [3.8, 4) is 0 Å². The third-order valence-corrected chi connectivity index (χ3v) is 5.45. The molecule has 20 heavy (non-hydrogen) atoms. The van der Waals surface area contributed by atoms with Gasteiger partial charge in [-0.25, -0.2) is 4.39 Å². The van der Waals surface area contributed by atoms with Gasteiger partial charge in [0, 0.05) is 16.6 Å². The lowest BCUT2D eigenvalue weighted by Crippen LogP contribution is -2.26. The van der Waals surface area contributed by atoms with Gasteiger partial charge >= 0.3 is 0 Å². The van der Waals surface area contributed by atoms with Crippen molar-refractivity contribution in [1.82, 2.24) is 5.32 Å². The van der Waals surface area contributed by atoms with Gasteiger partial charge in [-0.1, -0.05) is 31.0 Å². The lowest BCUT2D eigenvalue weighted by atomic mass is 9.82. The van der Waals surface area contributed by atoms with Gasteiger partial charge in [-0.3, -0.25) is 0 Å². The van der Waals surface area contributed by atoms with Crippen molar-refractivity contribution in [3.05, 3.63) is 34.6 Å². The van der Waals surface area contributed by atoms with Crippen molar-refractivity contribution < 1.29 is 4.39 Å². The van der Waals surface area contributed by atoms with Gasteiger partial charge in [0.1, 0.15) is 5.82 Å². The summed E-state index contributed by atoms with van der Waals surface area (Å²) in [4.78, 5) is 0. The molecular weight excluding hydrogens is 273 g/mol. The molecule has 1 aromatic carbocycles. The molecule has 1 nitrogen and oxygen atoms in total. The molecule has 2 aliphatic carbocycles. The summed E-state index contributed by atoms with van der Waals surface area (Å²) >= 11 is 5.86. The molecule has 4 unspecified atom stereocenters. The fourth-order valence-electron chi connectivity index (χ4n) is 4.32. The summed E-state index contributed by atoms with van der Waals surface area (Å²) in [5.74, 6) is 2.43. The molecular formula is C17H23ClFN. The van der Waals surface area contributed by atoms with Crippen LogP contribution in [0, 0.1) is 23.6 Å². The van der Waals surface area contributed by atoms with E-state index in [2.05, 4.69) is 12.2 Å². The molecule has 2 bridgehead atoms. The normalized spacial score (nSPS) is 29.9. The molecule has 0 saturated heterocycles. The first kappa shape index (κ1) is 14.3. The highest BCUT2D eigenvalue weighted by Crippen LogP contribution is 2.51. The Balaban J connectivity index is 1.75. The number of hydrogen-bond donors (Lipinski definition) is 1. The maximum atomic E-state index is 14.2. The second-order valence-corrected chi connectivity index (χ2v) is 6.88. The number of rotatable bonds is 5. The molecule has 110 valence electrons. The van der Waals surface area contributed by atoms with Gasteiger partial charge in [-0.2, -0.15) is 0 Å². The van der Waals surface area contributed by atoms with Gasteiger partial charge in [0.15, 0.2) is 0 Å². The Morgan fingerprint density at radius 1 is 1.35 bits per heavy atom. The molecule has 0 amide bonds. The van der Waals surface area contributed by atoms with Gasteiger partial charge in [-0.15, -0.1) is 0 Å². The van der Waals surface area contributed by atoms with Crippen LogP contribution in [0.4, 0.5) is 4.39 Å². The third-order valence-electron chi connectivity index (χ3n) is 5.21. The van der Waals surface area contributed by atoms with Crippen LogP contribution in [-0.2, 0) is 0 Å². The molecule has 0 spiro atoms. The van der Waals surface area contributed by atoms with Crippen molar-refractivity contribution in [2.24, 2.45) is 17.8 Å². The Labute approximate surface area is 125 Å². The van der Waals surface area contributed by atoms with Crippen molar-refractivity contribution >= 4 is 11.6 Å². The lowest BCUT2D eigenvalue weighted by molar-refractivity contribution is 0.278. The summed E-state index contributed by atoms with van der Waals surface area (Å²) in [5.41, 5.74) is 0.777. The minimum absolute atomic E-state index is 0.126. The lowest BCUT2D eigenvalue weighted by Gasteiger charge is -2.27. The van der Waals surface area contributed by atoms with Crippen LogP contribution < -0.4 is 5.32 Å². The van der Waals surface area contributed by atoms with E-state index >= 15 is 0 Å². The van der Waals surface area contributed by atoms with E-state index in [0.29, 0.717) is 5.02 Å². The molecule has 2 aliphatic rings. The van der Waals surface area contributed by atoms with E-state index in [0.717, 1.165) is 36.3 Å². The van der Waals surface area contributed by atoms with Crippen LogP contribution in [0.25, 0.3) is 0 Å². The molecule has 0 aliphatic heterocycles. The topological polar surface area (TPSA) is 12.0 Å². The molecule has 3 rings (SSSR count). The third kappa shape index (κ3) is 2.87. The molecule has 4 atom stereocenters. The summed E-state index contributed by atoms with van der Waals surface area (Å²) in [6, 6.07) is 5.20. The van der Waals surface area contributed by atoms with Crippen molar-refractivity contribution in [2.45, 2.75) is 45.1 Å². The second-order valence-electron chi connectivity index (χ2n) is 6.45. The van der Waals surface area contributed by atoms with Gasteiger partial charge < -0.3 is 5.32 Å². The van der Waals surface area contributed by atoms with E-state index in [1.54, 1.807) is 6.07 Å². The Hall–Kier alpha value is -0.600. The molecule has 2 saturated carbocycles. The number of halogens is 2. The smallest absolute Gasteiger partial charge is 0.129 e. The minimum atomic E-state index is -0.174. The van der Waals surface area contributed by atoms with Crippen LogP contribution in [0.15, 0.2) is 18.2 Å². The highest BCUT2D eigenvalue weighted by Gasteiger charge is 2.40. The Morgan fingerprint density at radius 3 is 2.80 bits per heavy atom. The zero-order valence-electron chi connectivity index (χ0n) is 12.0. The van der Waals surface area contributed by atoms with E-state index in [4.69, 9.17) is 11.6 Å². The first-order chi connectivity index (χ1) is 9.67. The summed E-state index contributed by atoms with van der Waals surface area (Å²) in [7, 11) is 0. The van der Waals surface area contributed by atoms with E-state index < -0.39 is 0 Å². The summed E-state index contributed by atoms with van der Waals surface area (Å²) < 4.78 is 14.2. The molecule has 0 aromatic heterocycles. The summed E-state index contributed by atoms with van der Waals surface area (Å²) in [6.45, 7) is 2.95. The average Bonchev–Trinajstić information content (AvgIpc) is 3.00. The van der Waals surface area contributed by atoms with E-state index in [1.807, 2.05) is 6.07 Å². The number of benzene rings is 1. The molecule has 1 N–H and O–H groups in total. The molecule has 1 aromatic rings. The number of hydrogen-bond acceptors (Lipinski definition) is 1. The fourth-order valence-corrected chi connectivity index (χ4v) is 4.48. The SMILES string of the molecule is CCNC(CC1CC2CCC1C2)c1ccc(Cl)cc1F. The van der Waals surface area contributed by atoms with Crippen LogP contribution in [0.2, 0.25) is 5.02 Å². The zero-order chi connectivity index (χ0) is 14.1. The standard InChI is InChI=1S/C17H23ClFN/c1-2-20-17(15-6-5-14(18)10-16(15)19)9-13-8-11-3-4-12(13)7-11/h5-6,10-13,17,20H,2-4,7-9H2,1H3. The van der Waals surface area contributed by atoms with Crippen LogP contribution >= 0.6 is 11.6 Å². The summed E-state index contributed by atoms with van der Waals surface area (Å²) in [5, 5.41) is 3.94. The molecule has 0 heterocycles. The first-order valence-corrected chi connectivity index (χ1v) is 8.23. The highest BCUT2D eigenvalue weighted by atomic mass is 35.5. The van der Waals surface area contributed by atoms with Gasteiger partial charge in [-0.05, 0) is 62.1 Å². The van der Waals surface area contributed by atoms with Crippen LogP contribution in [-0.4, -0.2) is 6.54 Å². The predicted octanol–water partition coefficient (Wildman–Crippen LogP) is 4.96. The maximum Gasteiger partial charge on any atom is 0.129 e. The minimum Gasteiger partial charge on any atom is -0.310 e. The molecule has 0 radical (unpaired) electrons. The Kier molecular flexibility index (Phi) is 4.32. The van der Waals surface area contributed by atoms with Crippen molar-refractivity contribution in [2.75, 3.05) is 6.54 Å². The van der Waals surface area contributed by atoms with Crippen LogP contribution in [0.3, 0.4) is 0 Å². The number of nitrogens with one attached hydrogen (secondary N) is 1. The zero-order valence-corrected chi connectivity index (χ0v) is 12.8. The summed E-state index contributed by atoms with van der Waals surface area (Å²) in [6.07, 6.45) is 6.63. The van der Waals surface area contributed by atoms with Crippen molar-refractivity contribution in [1.29, 1.82) is 0 Å². The van der Waals surface area contributed by atoms with Gasteiger partial charge in [0.25, 0.3) is 0 Å². The fraction of sp³-hybridized carbons (Fsp3) is 0.647. The van der Waals surface area contributed by atoms with Crippen LogP contribution in [0.1, 0.15) is 50.6 Å². The van der Waals surface area contributed by atoms with Gasteiger partial charge in [0.2, 0.25) is 0 Å². The monoisotopic (exact) mass is 295 g/mol. The Bertz CT molecular complexity index is 476. The quantitative estimate of drug-likeness (QED) is 0.810. The molecule has 3 heteroatoms. The average molecular weight is 296 g/mol. The van der Waals surface area contributed by atoms with E-state index in [9.17, 15) is 4.39 Å². The largest absolute Gasteiger partial charge is 0.310 e. The van der Waals surface area contributed by atoms with Crippen molar-refractivity contribution in [3.63, 3.8) is 0 Å². The highest BCUT2D eigenvalue weighted by molar-refractivity contribution is 6.30. The maximum absolute atomic E-state index is 14.2. The van der Waals surface area contributed by atoms with E-state index in [1.165, 1.54) is 31.7 Å². The first-order valence-electron chi connectivity index (χ1n) is 7.85. The van der Waals surface area contributed by atoms with Crippen LogP contribution in [0.5, 0.6) is 0 Å². The van der Waals surface area contributed by atoms with Gasteiger partial charge in [0.05, 0.1) is 0 Å². The Morgan fingerprint density at radius 2 is 2.20 bits per heavy atom. The number of fused-ring (bicyclic) bond motifs is 2. The molecule has 2 fully saturated rings. The van der Waals surface area contributed by atoms with E-state index in [-0.39, 0.29) is 11.9 Å².